The van der Waals surface area contributed by atoms with E-state index in [0.29, 0.717) is 16.4 Å². The number of fused-ring (bicyclic) bond motifs is 6. The van der Waals surface area contributed by atoms with E-state index in [1.807, 2.05) is 48.5 Å². The molecule has 0 aliphatic heterocycles. The van der Waals surface area contributed by atoms with Gasteiger partial charge in [-0.15, -0.1) is 0 Å². The summed E-state index contributed by atoms with van der Waals surface area (Å²) in [7, 11) is -5.22. The summed E-state index contributed by atoms with van der Waals surface area (Å²) in [6, 6.07) is 33.9. The lowest BCUT2D eigenvalue weighted by atomic mass is 10.00. The SMILES string of the molecule is CC(F)(F)S(=O)(=O)Oc1ccc2c(c1)c(=O)oc1cc(-c3ccc4c(c3)c3ccccc3n4-c3ccccc3)ccc12. The number of hydrogen-bond acceptors (Lipinski definition) is 5. The van der Waals surface area contributed by atoms with Crippen LogP contribution in [-0.2, 0) is 10.1 Å². The monoisotopic (exact) mass is 581 g/mol. The first-order valence-electron chi connectivity index (χ1n) is 13.0. The van der Waals surface area contributed by atoms with Crippen molar-refractivity contribution < 1.29 is 25.8 Å². The minimum atomic E-state index is -5.22. The van der Waals surface area contributed by atoms with E-state index in [4.69, 9.17) is 4.42 Å². The van der Waals surface area contributed by atoms with Crippen LogP contribution in [0, 0.1) is 0 Å². The number of benzene rings is 5. The molecule has 208 valence electrons. The zero-order chi connectivity index (χ0) is 29.2. The lowest BCUT2D eigenvalue weighted by Crippen LogP contribution is -2.29. The highest BCUT2D eigenvalue weighted by atomic mass is 32.2. The molecule has 0 aliphatic carbocycles. The van der Waals surface area contributed by atoms with Gasteiger partial charge in [0.25, 0.3) is 0 Å². The van der Waals surface area contributed by atoms with Gasteiger partial charge < -0.3 is 13.2 Å². The molecule has 0 atom stereocenters. The maximum Gasteiger partial charge on any atom is 0.377 e. The summed E-state index contributed by atoms with van der Waals surface area (Å²) < 4.78 is 62.8. The number of rotatable bonds is 5. The van der Waals surface area contributed by atoms with Crippen LogP contribution in [0.4, 0.5) is 8.78 Å². The van der Waals surface area contributed by atoms with Crippen LogP contribution in [0.15, 0.2) is 118 Å². The average Bonchev–Trinajstić information content (AvgIpc) is 3.30. The topological polar surface area (TPSA) is 78.5 Å². The number of aromatic nitrogens is 1. The van der Waals surface area contributed by atoms with Crippen LogP contribution >= 0.6 is 0 Å². The molecule has 0 saturated carbocycles. The van der Waals surface area contributed by atoms with E-state index in [1.165, 1.54) is 12.1 Å². The van der Waals surface area contributed by atoms with Gasteiger partial charge >= 0.3 is 21.0 Å². The third kappa shape index (κ3) is 4.12. The van der Waals surface area contributed by atoms with Gasteiger partial charge in [-0.3, -0.25) is 0 Å². The molecule has 0 amide bonds. The Labute approximate surface area is 238 Å². The Kier molecular flexibility index (Phi) is 5.71. The summed E-state index contributed by atoms with van der Waals surface area (Å²) in [5.41, 5.74) is 4.55. The number of alkyl halides is 2. The van der Waals surface area contributed by atoms with Gasteiger partial charge in [-0.1, -0.05) is 48.5 Å². The zero-order valence-electron chi connectivity index (χ0n) is 22.0. The van der Waals surface area contributed by atoms with E-state index in [9.17, 15) is 22.0 Å². The lowest BCUT2D eigenvalue weighted by molar-refractivity contribution is 0.104. The summed E-state index contributed by atoms with van der Waals surface area (Å²) in [6.07, 6.45) is 0. The number of para-hydroxylation sites is 2. The van der Waals surface area contributed by atoms with Gasteiger partial charge in [0.2, 0.25) is 0 Å². The normalized spacial score (nSPS) is 12.5. The van der Waals surface area contributed by atoms with E-state index in [-0.39, 0.29) is 12.3 Å². The van der Waals surface area contributed by atoms with Gasteiger partial charge in [0.1, 0.15) is 11.3 Å². The average molecular weight is 582 g/mol. The summed E-state index contributed by atoms with van der Waals surface area (Å²) in [5.74, 6) is -0.407. The molecule has 0 spiro atoms. The second-order valence-electron chi connectivity index (χ2n) is 10.1. The molecule has 7 aromatic rings. The van der Waals surface area contributed by atoms with Crippen molar-refractivity contribution in [3.05, 3.63) is 120 Å². The van der Waals surface area contributed by atoms with E-state index in [2.05, 4.69) is 45.1 Å². The van der Waals surface area contributed by atoms with Crippen LogP contribution in [0.1, 0.15) is 6.92 Å². The molecular formula is C33H21F2NO5S. The molecule has 7 rings (SSSR count). The number of nitrogens with zero attached hydrogens (tertiary/aromatic N) is 1. The maximum atomic E-state index is 13.4. The van der Waals surface area contributed by atoms with Crippen molar-refractivity contribution in [1.82, 2.24) is 4.57 Å². The third-order valence-electron chi connectivity index (χ3n) is 7.35. The van der Waals surface area contributed by atoms with E-state index in [0.717, 1.165) is 44.7 Å². The summed E-state index contributed by atoms with van der Waals surface area (Å²) in [5, 5.41) is -0.833. The minimum absolute atomic E-state index is 0.0116. The maximum absolute atomic E-state index is 13.4. The Morgan fingerprint density at radius 2 is 1.36 bits per heavy atom. The second-order valence-corrected chi connectivity index (χ2v) is 11.9. The Balaban J connectivity index is 1.34. The first-order valence-corrected chi connectivity index (χ1v) is 14.4. The summed E-state index contributed by atoms with van der Waals surface area (Å²) >= 11 is 0. The summed E-state index contributed by atoms with van der Waals surface area (Å²) in [6.45, 7) is 0.224. The van der Waals surface area contributed by atoms with Gasteiger partial charge in [-0.25, -0.2) is 4.79 Å². The smallest absolute Gasteiger partial charge is 0.377 e. The second kappa shape index (κ2) is 9.25. The highest BCUT2D eigenvalue weighted by Crippen LogP contribution is 2.36. The molecular weight excluding hydrogens is 560 g/mol. The molecule has 0 saturated heterocycles. The number of halogens is 2. The standard InChI is InChI=1S/C33H21F2NO5S/c1-33(34,35)42(38,39)41-23-13-15-24-26-14-11-21(18-31(26)40-32(37)28(24)19-23)20-12-16-30-27(17-20)25-9-5-6-10-29(25)36(30)22-7-3-2-4-8-22/h2-19H,1H3. The molecule has 0 radical (unpaired) electrons. The number of hydrogen-bond donors (Lipinski definition) is 0. The summed E-state index contributed by atoms with van der Waals surface area (Å²) in [4.78, 5) is 12.9. The highest BCUT2D eigenvalue weighted by molar-refractivity contribution is 7.88. The predicted octanol–water partition coefficient (Wildman–Crippen LogP) is 8.03. The molecule has 0 aliphatic rings. The molecule has 2 aromatic heterocycles. The fraction of sp³-hybridized carbons (Fsp3) is 0.0606. The Bertz CT molecular complexity index is 2360. The third-order valence-corrected chi connectivity index (χ3v) is 8.64. The molecule has 6 nitrogen and oxygen atoms in total. The van der Waals surface area contributed by atoms with E-state index >= 15 is 0 Å². The van der Waals surface area contributed by atoms with Crippen molar-refractivity contribution in [2.75, 3.05) is 0 Å². The predicted molar refractivity (Wildman–Crippen MR) is 160 cm³/mol. The van der Waals surface area contributed by atoms with E-state index < -0.39 is 26.7 Å². The van der Waals surface area contributed by atoms with Crippen LogP contribution in [0.2, 0.25) is 0 Å². The lowest BCUT2D eigenvalue weighted by Gasteiger charge is -2.13. The van der Waals surface area contributed by atoms with Crippen LogP contribution in [0.3, 0.4) is 0 Å². The van der Waals surface area contributed by atoms with E-state index in [1.54, 1.807) is 6.07 Å². The van der Waals surface area contributed by atoms with Gasteiger partial charge in [0, 0.05) is 34.2 Å². The molecule has 9 heteroatoms. The fourth-order valence-electron chi connectivity index (χ4n) is 5.35. The first kappa shape index (κ1) is 25.9. The molecule has 5 aromatic carbocycles. The van der Waals surface area contributed by atoms with Gasteiger partial charge in [-0.2, -0.15) is 17.2 Å². The van der Waals surface area contributed by atoms with Crippen LogP contribution in [-0.4, -0.2) is 18.2 Å². The molecule has 2 heterocycles. The Hall–Kier alpha value is -5.02. The van der Waals surface area contributed by atoms with Crippen LogP contribution < -0.4 is 9.81 Å². The molecule has 42 heavy (non-hydrogen) atoms. The van der Waals surface area contributed by atoms with Crippen molar-refractivity contribution >= 4 is 53.7 Å². The molecule has 0 bridgehead atoms. The minimum Gasteiger partial charge on any atom is -0.422 e. The van der Waals surface area contributed by atoms with Crippen molar-refractivity contribution in [1.29, 1.82) is 0 Å². The van der Waals surface area contributed by atoms with Crippen LogP contribution in [0.25, 0.3) is 60.4 Å². The van der Waals surface area contributed by atoms with Gasteiger partial charge in [0.05, 0.1) is 16.4 Å². The Morgan fingerprint density at radius 3 is 2.14 bits per heavy atom. The van der Waals surface area contributed by atoms with Crippen molar-refractivity contribution in [2.45, 2.75) is 12.2 Å². The largest absolute Gasteiger partial charge is 0.422 e. The molecule has 0 unspecified atom stereocenters. The Morgan fingerprint density at radius 1 is 0.690 bits per heavy atom. The fourth-order valence-corrected chi connectivity index (χ4v) is 5.85. The quantitative estimate of drug-likeness (QED) is 0.117. The zero-order valence-corrected chi connectivity index (χ0v) is 22.9. The van der Waals surface area contributed by atoms with Crippen molar-refractivity contribution in [3.63, 3.8) is 0 Å². The van der Waals surface area contributed by atoms with Gasteiger partial charge in [-0.05, 0) is 71.8 Å². The van der Waals surface area contributed by atoms with Crippen LogP contribution in [0.5, 0.6) is 5.75 Å². The molecule has 0 N–H and O–H groups in total. The van der Waals surface area contributed by atoms with Crippen molar-refractivity contribution in [2.24, 2.45) is 0 Å². The first-order chi connectivity index (χ1) is 20.1. The van der Waals surface area contributed by atoms with Gasteiger partial charge in [0.15, 0.2) is 0 Å². The molecule has 0 fully saturated rings. The van der Waals surface area contributed by atoms with Crippen molar-refractivity contribution in [3.8, 4) is 22.6 Å². The highest BCUT2D eigenvalue weighted by Gasteiger charge is 2.42.